The van der Waals surface area contributed by atoms with Crippen LogP contribution in [0.4, 0.5) is 0 Å². The van der Waals surface area contributed by atoms with Crippen molar-refractivity contribution in [1.29, 1.82) is 0 Å². The smallest absolute Gasteiger partial charge is 0.121 e. The third-order valence-electron chi connectivity index (χ3n) is 3.18. The summed E-state index contributed by atoms with van der Waals surface area (Å²) in [6.07, 6.45) is 0.850. The van der Waals surface area contributed by atoms with E-state index >= 15 is 0 Å². The monoisotopic (exact) mass is 372 g/mol. The zero-order chi connectivity index (χ0) is 14.7. The molecular formula is C16H15BrCl2O. The summed E-state index contributed by atoms with van der Waals surface area (Å²) in [5.41, 5.74) is 3.49. The summed E-state index contributed by atoms with van der Waals surface area (Å²) in [4.78, 5) is 0.226. The molecule has 0 fully saturated rings. The van der Waals surface area contributed by atoms with E-state index in [0.717, 1.165) is 23.3 Å². The van der Waals surface area contributed by atoms with E-state index in [1.54, 1.807) is 7.11 Å². The van der Waals surface area contributed by atoms with Crippen LogP contribution in [0.25, 0.3) is 0 Å². The number of hydrogen-bond acceptors (Lipinski definition) is 1. The molecule has 0 saturated heterocycles. The van der Waals surface area contributed by atoms with Gasteiger partial charge in [0, 0.05) is 4.83 Å². The number of alkyl halides is 1. The first kappa shape index (κ1) is 15.7. The molecule has 0 heterocycles. The highest BCUT2D eigenvalue weighted by atomic mass is 79.9. The van der Waals surface area contributed by atoms with Gasteiger partial charge in [0.05, 0.1) is 17.2 Å². The van der Waals surface area contributed by atoms with Gasteiger partial charge in [0.25, 0.3) is 0 Å². The van der Waals surface area contributed by atoms with Crippen LogP contribution in [0.3, 0.4) is 0 Å². The normalized spacial score (nSPS) is 12.2. The van der Waals surface area contributed by atoms with Gasteiger partial charge in [-0.05, 0) is 48.2 Å². The van der Waals surface area contributed by atoms with Gasteiger partial charge in [-0.2, -0.15) is 0 Å². The van der Waals surface area contributed by atoms with Crippen LogP contribution < -0.4 is 4.74 Å². The largest absolute Gasteiger partial charge is 0.496 e. The maximum atomic E-state index is 6.04. The average molecular weight is 374 g/mol. The Morgan fingerprint density at radius 3 is 2.45 bits per heavy atom. The van der Waals surface area contributed by atoms with Crippen molar-refractivity contribution < 1.29 is 4.74 Å². The van der Waals surface area contributed by atoms with E-state index < -0.39 is 0 Å². The van der Waals surface area contributed by atoms with Gasteiger partial charge in [0.1, 0.15) is 5.75 Å². The van der Waals surface area contributed by atoms with Gasteiger partial charge < -0.3 is 4.74 Å². The molecule has 0 aromatic heterocycles. The van der Waals surface area contributed by atoms with Crippen LogP contribution >= 0.6 is 39.1 Å². The lowest BCUT2D eigenvalue weighted by atomic mass is 10.0. The third-order valence-corrected chi connectivity index (χ3v) is 4.77. The number of hydrogen-bond donors (Lipinski definition) is 0. The molecule has 0 bridgehead atoms. The van der Waals surface area contributed by atoms with Crippen LogP contribution in [0.15, 0.2) is 36.4 Å². The zero-order valence-electron chi connectivity index (χ0n) is 11.3. The number of rotatable bonds is 4. The fourth-order valence-electron chi connectivity index (χ4n) is 2.09. The van der Waals surface area contributed by atoms with Crippen LogP contribution in [0.2, 0.25) is 10.0 Å². The van der Waals surface area contributed by atoms with Crippen LogP contribution in [0.5, 0.6) is 5.75 Å². The van der Waals surface area contributed by atoms with Gasteiger partial charge in [-0.25, -0.2) is 0 Å². The van der Waals surface area contributed by atoms with E-state index in [-0.39, 0.29) is 4.83 Å². The summed E-state index contributed by atoms with van der Waals surface area (Å²) in [5.74, 6) is 0.906. The molecule has 1 atom stereocenters. The van der Waals surface area contributed by atoms with Gasteiger partial charge in [-0.15, -0.1) is 0 Å². The minimum Gasteiger partial charge on any atom is -0.496 e. The standard InChI is InChI=1S/C16H15BrCl2O/c1-10-7-12(4-6-16(10)20-2)13(17)8-11-3-5-14(18)15(19)9-11/h3-7,9,13H,8H2,1-2H3. The number of ether oxygens (including phenoxy) is 1. The molecule has 20 heavy (non-hydrogen) atoms. The molecule has 2 aromatic carbocycles. The molecule has 0 saturated carbocycles. The second-order valence-corrected chi connectivity index (χ2v) is 6.57. The topological polar surface area (TPSA) is 9.23 Å². The van der Waals surface area contributed by atoms with Crippen LogP contribution in [-0.2, 0) is 6.42 Å². The Bertz CT molecular complexity index is 613. The number of benzene rings is 2. The van der Waals surface area contributed by atoms with Gasteiger partial charge in [0.15, 0.2) is 0 Å². The van der Waals surface area contributed by atoms with E-state index in [1.165, 1.54) is 5.56 Å². The quantitative estimate of drug-likeness (QED) is 0.598. The van der Waals surface area contributed by atoms with Crippen molar-refractivity contribution in [2.75, 3.05) is 7.11 Å². The van der Waals surface area contributed by atoms with E-state index in [1.807, 2.05) is 31.2 Å². The predicted octanol–water partition coefficient (Wildman–Crippen LogP) is 5.99. The molecule has 4 heteroatoms. The Kier molecular flexibility index (Phi) is 5.36. The summed E-state index contributed by atoms with van der Waals surface area (Å²) in [7, 11) is 1.68. The third kappa shape index (κ3) is 3.69. The molecule has 0 radical (unpaired) electrons. The molecule has 1 unspecified atom stereocenters. The zero-order valence-corrected chi connectivity index (χ0v) is 14.4. The Balaban J connectivity index is 2.17. The van der Waals surface area contributed by atoms with Crippen molar-refractivity contribution in [2.24, 2.45) is 0 Å². The molecule has 0 N–H and O–H groups in total. The van der Waals surface area contributed by atoms with Gasteiger partial charge in [-0.3, -0.25) is 0 Å². The first-order chi connectivity index (χ1) is 9.51. The van der Waals surface area contributed by atoms with Gasteiger partial charge in [-0.1, -0.05) is 57.3 Å². The first-order valence-corrected chi connectivity index (χ1v) is 7.91. The molecule has 0 aliphatic carbocycles. The molecular weight excluding hydrogens is 359 g/mol. The maximum Gasteiger partial charge on any atom is 0.121 e. The fourth-order valence-corrected chi connectivity index (χ4v) is 3.07. The van der Waals surface area contributed by atoms with Gasteiger partial charge in [0.2, 0.25) is 0 Å². The Morgan fingerprint density at radius 2 is 1.85 bits per heavy atom. The fraction of sp³-hybridized carbons (Fsp3) is 0.250. The first-order valence-electron chi connectivity index (χ1n) is 6.24. The lowest BCUT2D eigenvalue weighted by Gasteiger charge is -2.13. The average Bonchev–Trinajstić information content (AvgIpc) is 2.42. The van der Waals surface area contributed by atoms with Crippen molar-refractivity contribution in [3.05, 3.63) is 63.1 Å². The second-order valence-electron chi connectivity index (χ2n) is 4.65. The van der Waals surface area contributed by atoms with E-state index in [4.69, 9.17) is 27.9 Å². The summed E-state index contributed by atoms with van der Waals surface area (Å²) in [6, 6.07) is 11.9. The van der Waals surface area contributed by atoms with Crippen molar-refractivity contribution in [1.82, 2.24) is 0 Å². The van der Waals surface area contributed by atoms with Crippen LogP contribution in [0.1, 0.15) is 21.5 Å². The Labute approximate surface area is 138 Å². The summed E-state index contributed by atoms with van der Waals surface area (Å²) >= 11 is 15.7. The molecule has 2 aromatic rings. The number of methoxy groups -OCH3 is 1. The number of aryl methyl sites for hydroxylation is 1. The summed E-state index contributed by atoms with van der Waals surface area (Å²) < 4.78 is 5.28. The van der Waals surface area contributed by atoms with Crippen LogP contribution in [0, 0.1) is 6.92 Å². The van der Waals surface area contributed by atoms with Crippen LogP contribution in [-0.4, -0.2) is 7.11 Å². The second kappa shape index (κ2) is 6.84. The predicted molar refractivity (Wildman–Crippen MR) is 89.6 cm³/mol. The van der Waals surface area contributed by atoms with E-state index in [9.17, 15) is 0 Å². The molecule has 106 valence electrons. The van der Waals surface area contributed by atoms with Gasteiger partial charge >= 0.3 is 0 Å². The molecule has 0 aliphatic rings. The molecule has 2 rings (SSSR count). The minimum atomic E-state index is 0.226. The van der Waals surface area contributed by atoms with Crippen molar-refractivity contribution >= 4 is 39.1 Å². The molecule has 0 aliphatic heterocycles. The maximum absolute atomic E-state index is 6.04. The SMILES string of the molecule is COc1ccc(C(Br)Cc2ccc(Cl)c(Cl)c2)cc1C. The Hall–Kier alpha value is -0.700. The molecule has 0 amide bonds. The lowest BCUT2D eigenvalue weighted by molar-refractivity contribution is 0.411. The van der Waals surface area contributed by atoms with Crippen molar-refractivity contribution in [2.45, 2.75) is 18.2 Å². The molecule has 0 spiro atoms. The number of halogens is 3. The van der Waals surface area contributed by atoms with E-state index in [0.29, 0.717) is 10.0 Å². The minimum absolute atomic E-state index is 0.226. The highest BCUT2D eigenvalue weighted by molar-refractivity contribution is 9.09. The summed E-state index contributed by atoms with van der Waals surface area (Å²) in [5, 5.41) is 1.18. The van der Waals surface area contributed by atoms with Crippen molar-refractivity contribution in [3.63, 3.8) is 0 Å². The molecule has 1 nitrogen and oxygen atoms in total. The van der Waals surface area contributed by atoms with E-state index in [2.05, 4.69) is 28.1 Å². The van der Waals surface area contributed by atoms with Crippen molar-refractivity contribution in [3.8, 4) is 5.75 Å². The highest BCUT2D eigenvalue weighted by Gasteiger charge is 2.11. The highest BCUT2D eigenvalue weighted by Crippen LogP contribution is 2.32. The summed E-state index contributed by atoms with van der Waals surface area (Å²) in [6.45, 7) is 2.04. The lowest BCUT2D eigenvalue weighted by Crippen LogP contribution is -1.97. The Morgan fingerprint density at radius 1 is 1.10 bits per heavy atom.